The summed E-state index contributed by atoms with van der Waals surface area (Å²) in [4.78, 5) is 20.6. The standard InChI is InChI=1S/C20H30N6O3/c1-5-22-20(24-13-17-25-18(26-29-17)14(3)28-6-2)23-11-10-15-8-7-9-16(12-15)19(27)21-4/h7-9,12,14H,5-6,10-11,13H2,1-4H3,(H,21,27)(H2,22,23,24). The van der Waals surface area contributed by atoms with Crippen LogP contribution < -0.4 is 16.0 Å². The topological polar surface area (TPSA) is 114 Å². The second-order valence-corrected chi connectivity index (χ2v) is 6.30. The third-order valence-corrected chi connectivity index (χ3v) is 4.10. The van der Waals surface area contributed by atoms with Crippen LogP contribution >= 0.6 is 0 Å². The van der Waals surface area contributed by atoms with Crippen LogP contribution in [0.15, 0.2) is 33.8 Å². The average Bonchev–Trinajstić information content (AvgIpc) is 3.21. The fourth-order valence-electron chi connectivity index (χ4n) is 2.65. The molecule has 9 heteroatoms. The first-order chi connectivity index (χ1) is 14.1. The van der Waals surface area contributed by atoms with Gasteiger partial charge in [-0.15, -0.1) is 0 Å². The number of aliphatic imine (C=N–C) groups is 1. The molecule has 3 N–H and O–H groups in total. The van der Waals surface area contributed by atoms with E-state index in [1.165, 1.54) is 0 Å². The number of carbonyl (C=O) groups excluding carboxylic acids is 1. The Balaban J connectivity index is 1.90. The Hall–Kier alpha value is -2.94. The van der Waals surface area contributed by atoms with Gasteiger partial charge in [0.15, 0.2) is 11.8 Å². The lowest BCUT2D eigenvalue weighted by Gasteiger charge is -2.11. The summed E-state index contributed by atoms with van der Waals surface area (Å²) in [6, 6.07) is 7.57. The maximum Gasteiger partial charge on any atom is 0.251 e. The molecule has 158 valence electrons. The van der Waals surface area contributed by atoms with Gasteiger partial charge >= 0.3 is 0 Å². The van der Waals surface area contributed by atoms with Gasteiger partial charge in [-0.3, -0.25) is 4.79 Å². The van der Waals surface area contributed by atoms with Gasteiger partial charge in [-0.1, -0.05) is 17.3 Å². The maximum absolute atomic E-state index is 11.7. The summed E-state index contributed by atoms with van der Waals surface area (Å²) in [5.41, 5.74) is 1.72. The molecule has 1 atom stereocenters. The van der Waals surface area contributed by atoms with Crippen LogP contribution in [0.4, 0.5) is 0 Å². The third kappa shape index (κ3) is 7.19. The van der Waals surface area contributed by atoms with Crippen LogP contribution in [0.3, 0.4) is 0 Å². The number of hydrogen-bond acceptors (Lipinski definition) is 6. The normalized spacial score (nSPS) is 12.5. The van der Waals surface area contributed by atoms with Crippen LogP contribution in [0.25, 0.3) is 0 Å². The molecule has 0 bridgehead atoms. The van der Waals surface area contributed by atoms with Crippen molar-refractivity contribution in [3.8, 4) is 0 Å². The summed E-state index contributed by atoms with van der Waals surface area (Å²) >= 11 is 0. The molecule has 1 unspecified atom stereocenters. The number of nitrogens with one attached hydrogen (secondary N) is 3. The maximum atomic E-state index is 11.7. The highest BCUT2D eigenvalue weighted by Gasteiger charge is 2.13. The quantitative estimate of drug-likeness (QED) is 0.410. The molecule has 0 aliphatic rings. The fraction of sp³-hybridized carbons (Fsp3) is 0.500. The van der Waals surface area contributed by atoms with Crippen molar-refractivity contribution in [2.24, 2.45) is 4.99 Å². The van der Waals surface area contributed by atoms with Crippen LogP contribution in [0.5, 0.6) is 0 Å². The van der Waals surface area contributed by atoms with Gasteiger partial charge in [0.2, 0.25) is 5.89 Å². The number of hydrogen-bond donors (Lipinski definition) is 3. The van der Waals surface area contributed by atoms with E-state index in [-0.39, 0.29) is 18.6 Å². The minimum Gasteiger partial charge on any atom is -0.371 e. The molecule has 0 aliphatic carbocycles. The molecule has 0 radical (unpaired) electrons. The molecule has 0 spiro atoms. The first kappa shape index (κ1) is 22.4. The van der Waals surface area contributed by atoms with E-state index in [1.54, 1.807) is 13.1 Å². The molecule has 2 aromatic rings. The lowest BCUT2D eigenvalue weighted by Crippen LogP contribution is -2.38. The lowest BCUT2D eigenvalue weighted by molar-refractivity contribution is 0.0683. The highest BCUT2D eigenvalue weighted by molar-refractivity contribution is 5.94. The summed E-state index contributed by atoms with van der Waals surface area (Å²) in [5, 5.41) is 13.0. The van der Waals surface area contributed by atoms with Crippen molar-refractivity contribution in [3.05, 3.63) is 47.1 Å². The minimum atomic E-state index is -0.210. The Morgan fingerprint density at radius 2 is 2.14 bits per heavy atom. The Kier molecular flexibility index (Phi) is 9.10. The molecule has 29 heavy (non-hydrogen) atoms. The molecule has 0 aliphatic heterocycles. The van der Waals surface area contributed by atoms with Gasteiger partial charge in [-0.2, -0.15) is 4.98 Å². The Morgan fingerprint density at radius 3 is 2.86 bits per heavy atom. The second-order valence-electron chi connectivity index (χ2n) is 6.30. The molecule has 0 saturated carbocycles. The number of amides is 1. The van der Waals surface area contributed by atoms with Crippen molar-refractivity contribution < 1.29 is 14.1 Å². The SMILES string of the molecule is CCNC(=NCc1nc(C(C)OCC)no1)NCCc1cccc(C(=O)NC)c1. The van der Waals surface area contributed by atoms with Crippen molar-refractivity contribution in [1.82, 2.24) is 26.1 Å². The molecule has 0 saturated heterocycles. The van der Waals surface area contributed by atoms with E-state index in [4.69, 9.17) is 9.26 Å². The summed E-state index contributed by atoms with van der Waals surface area (Å²) in [6.45, 7) is 8.06. The van der Waals surface area contributed by atoms with Crippen molar-refractivity contribution >= 4 is 11.9 Å². The zero-order valence-electron chi connectivity index (χ0n) is 17.5. The molecule has 1 aromatic heterocycles. The number of guanidine groups is 1. The highest BCUT2D eigenvalue weighted by atomic mass is 16.5. The van der Waals surface area contributed by atoms with Crippen LogP contribution in [-0.2, 0) is 17.7 Å². The summed E-state index contributed by atoms with van der Waals surface area (Å²) in [6.07, 6.45) is 0.546. The van der Waals surface area contributed by atoms with Crippen molar-refractivity contribution in [1.29, 1.82) is 0 Å². The van der Waals surface area contributed by atoms with Gasteiger partial charge in [-0.05, 0) is 44.9 Å². The van der Waals surface area contributed by atoms with Crippen LogP contribution in [0.2, 0.25) is 0 Å². The predicted molar refractivity (Wildman–Crippen MR) is 111 cm³/mol. The number of nitrogens with zero attached hydrogens (tertiary/aromatic N) is 3. The highest BCUT2D eigenvalue weighted by Crippen LogP contribution is 2.13. The lowest BCUT2D eigenvalue weighted by atomic mass is 10.1. The summed E-state index contributed by atoms with van der Waals surface area (Å²) in [7, 11) is 1.62. The first-order valence-electron chi connectivity index (χ1n) is 9.84. The number of benzene rings is 1. The monoisotopic (exact) mass is 402 g/mol. The Labute approximate surface area is 171 Å². The number of carbonyl (C=O) groups is 1. The zero-order chi connectivity index (χ0) is 21.1. The zero-order valence-corrected chi connectivity index (χ0v) is 17.5. The summed E-state index contributed by atoms with van der Waals surface area (Å²) < 4.78 is 10.7. The minimum absolute atomic E-state index is 0.0905. The molecule has 2 rings (SSSR count). The van der Waals surface area contributed by atoms with Crippen molar-refractivity contribution in [2.45, 2.75) is 39.8 Å². The van der Waals surface area contributed by atoms with Gasteiger partial charge in [0.1, 0.15) is 12.6 Å². The van der Waals surface area contributed by atoms with Crippen molar-refractivity contribution in [3.63, 3.8) is 0 Å². The molecule has 0 fully saturated rings. The molecule has 9 nitrogen and oxygen atoms in total. The second kappa shape index (κ2) is 11.8. The van der Waals surface area contributed by atoms with E-state index in [2.05, 4.69) is 31.1 Å². The smallest absolute Gasteiger partial charge is 0.251 e. The number of rotatable bonds is 10. The van der Waals surface area contributed by atoms with E-state index in [9.17, 15) is 4.79 Å². The molecule has 1 heterocycles. The van der Waals surface area contributed by atoms with Crippen LogP contribution in [-0.4, -0.2) is 48.8 Å². The van der Waals surface area contributed by atoms with Crippen molar-refractivity contribution in [2.75, 3.05) is 26.7 Å². The third-order valence-electron chi connectivity index (χ3n) is 4.10. The predicted octanol–water partition coefficient (Wildman–Crippen LogP) is 1.82. The van der Waals surface area contributed by atoms with E-state index < -0.39 is 0 Å². The van der Waals surface area contributed by atoms with Gasteiger partial charge in [0.25, 0.3) is 5.91 Å². The van der Waals surface area contributed by atoms with E-state index in [0.717, 1.165) is 18.5 Å². The molecular formula is C20H30N6O3. The van der Waals surface area contributed by atoms with Gasteiger partial charge < -0.3 is 25.2 Å². The van der Waals surface area contributed by atoms with E-state index in [1.807, 2.05) is 39.0 Å². The largest absolute Gasteiger partial charge is 0.371 e. The molecule has 1 amide bonds. The van der Waals surface area contributed by atoms with E-state index in [0.29, 0.717) is 36.4 Å². The first-order valence-corrected chi connectivity index (χ1v) is 9.84. The average molecular weight is 402 g/mol. The number of ether oxygens (including phenoxy) is 1. The number of aromatic nitrogens is 2. The Morgan fingerprint density at radius 1 is 1.31 bits per heavy atom. The van der Waals surface area contributed by atoms with Gasteiger partial charge in [-0.25, -0.2) is 4.99 Å². The fourth-order valence-corrected chi connectivity index (χ4v) is 2.65. The van der Waals surface area contributed by atoms with Gasteiger partial charge in [0, 0.05) is 32.3 Å². The molecule has 1 aromatic carbocycles. The Bertz CT molecular complexity index is 805. The van der Waals surface area contributed by atoms with Gasteiger partial charge in [0.05, 0.1) is 0 Å². The molecular weight excluding hydrogens is 372 g/mol. The van der Waals surface area contributed by atoms with E-state index >= 15 is 0 Å². The van der Waals surface area contributed by atoms with Crippen LogP contribution in [0, 0.1) is 0 Å². The summed E-state index contributed by atoms with van der Waals surface area (Å²) in [5.74, 6) is 1.52. The van der Waals surface area contributed by atoms with Crippen LogP contribution in [0.1, 0.15) is 54.5 Å².